The first-order valence-corrected chi connectivity index (χ1v) is 6.38. The Bertz CT molecular complexity index is 457. The summed E-state index contributed by atoms with van der Waals surface area (Å²) in [7, 11) is 3.35. The van der Waals surface area contributed by atoms with E-state index in [1.165, 1.54) is 0 Å². The van der Waals surface area contributed by atoms with E-state index in [1.807, 2.05) is 6.07 Å². The van der Waals surface area contributed by atoms with Gasteiger partial charge in [0.05, 0.1) is 23.1 Å². The van der Waals surface area contributed by atoms with Gasteiger partial charge in [-0.1, -0.05) is 22.0 Å². The maximum atomic E-state index is 12.1. The molecule has 0 heterocycles. The standard InChI is InChI=1S/C13H15BrN2O2/c1-16(8-12(14)9-18-2)13(17)11-5-3-4-10(6-11)7-15/h3-6,12H,8-9H2,1-2H3. The molecule has 1 aromatic rings. The number of nitrogens with zero attached hydrogens (tertiary/aromatic N) is 2. The molecule has 0 aliphatic carbocycles. The topological polar surface area (TPSA) is 53.3 Å². The van der Waals surface area contributed by atoms with Crippen LogP contribution in [0.1, 0.15) is 15.9 Å². The van der Waals surface area contributed by atoms with Gasteiger partial charge in [-0.3, -0.25) is 4.79 Å². The minimum Gasteiger partial charge on any atom is -0.383 e. The molecule has 96 valence electrons. The van der Waals surface area contributed by atoms with Crippen LogP contribution in [0.2, 0.25) is 0 Å². The Labute approximate surface area is 115 Å². The number of benzene rings is 1. The van der Waals surface area contributed by atoms with E-state index in [9.17, 15) is 4.79 Å². The molecule has 0 aliphatic rings. The number of methoxy groups -OCH3 is 1. The molecule has 0 saturated heterocycles. The highest BCUT2D eigenvalue weighted by Crippen LogP contribution is 2.09. The Morgan fingerprint density at radius 2 is 2.33 bits per heavy atom. The Kier molecular flexibility index (Phi) is 5.83. The largest absolute Gasteiger partial charge is 0.383 e. The smallest absolute Gasteiger partial charge is 0.253 e. The first-order chi connectivity index (χ1) is 8.58. The number of hydrogen-bond donors (Lipinski definition) is 0. The molecule has 1 aromatic carbocycles. The van der Waals surface area contributed by atoms with Crippen molar-refractivity contribution >= 4 is 21.8 Å². The SMILES string of the molecule is COCC(Br)CN(C)C(=O)c1cccc(C#N)c1. The molecule has 1 unspecified atom stereocenters. The van der Waals surface area contributed by atoms with E-state index in [4.69, 9.17) is 10.00 Å². The maximum Gasteiger partial charge on any atom is 0.253 e. The van der Waals surface area contributed by atoms with Crippen LogP contribution in [-0.2, 0) is 4.74 Å². The predicted molar refractivity (Wildman–Crippen MR) is 72.7 cm³/mol. The lowest BCUT2D eigenvalue weighted by atomic mass is 10.1. The van der Waals surface area contributed by atoms with Gasteiger partial charge in [-0.05, 0) is 18.2 Å². The lowest BCUT2D eigenvalue weighted by Gasteiger charge is -2.20. The fourth-order valence-corrected chi connectivity index (χ4v) is 2.25. The van der Waals surface area contributed by atoms with Crippen LogP contribution in [-0.4, -0.2) is 42.9 Å². The molecule has 1 atom stereocenters. The highest BCUT2D eigenvalue weighted by molar-refractivity contribution is 9.09. The van der Waals surface area contributed by atoms with Gasteiger partial charge in [0.25, 0.3) is 5.91 Å². The molecule has 0 spiro atoms. The minimum absolute atomic E-state index is 0.0931. The van der Waals surface area contributed by atoms with E-state index in [-0.39, 0.29) is 10.7 Å². The van der Waals surface area contributed by atoms with Crippen LogP contribution in [0.25, 0.3) is 0 Å². The average Bonchev–Trinajstić information content (AvgIpc) is 2.38. The summed E-state index contributed by atoms with van der Waals surface area (Å²) in [5.74, 6) is -0.104. The number of hydrogen-bond acceptors (Lipinski definition) is 3. The van der Waals surface area contributed by atoms with Crippen LogP contribution in [0.4, 0.5) is 0 Å². The molecule has 0 aromatic heterocycles. The van der Waals surface area contributed by atoms with Crippen molar-refractivity contribution < 1.29 is 9.53 Å². The maximum absolute atomic E-state index is 12.1. The summed E-state index contributed by atoms with van der Waals surface area (Å²) in [6.07, 6.45) is 0. The van der Waals surface area contributed by atoms with E-state index in [1.54, 1.807) is 43.3 Å². The molecule has 0 bridgehead atoms. The van der Waals surface area contributed by atoms with Gasteiger partial charge in [-0.2, -0.15) is 5.26 Å². The Hall–Kier alpha value is -1.38. The van der Waals surface area contributed by atoms with Crippen molar-refractivity contribution in [2.45, 2.75) is 4.83 Å². The van der Waals surface area contributed by atoms with Gasteiger partial charge in [0.1, 0.15) is 0 Å². The zero-order chi connectivity index (χ0) is 13.5. The summed E-state index contributed by atoms with van der Waals surface area (Å²) in [5.41, 5.74) is 1.01. The van der Waals surface area contributed by atoms with Gasteiger partial charge in [-0.25, -0.2) is 0 Å². The summed E-state index contributed by atoms with van der Waals surface area (Å²) >= 11 is 3.44. The first kappa shape index (κ1) is 14.7. The van der Waals surface area contributed by atoms with Crippen LogP contribution in [0, 0.1) is 11.3 Å². The highest BCUT2D eigenvalue weighted by Gasteiger charge is 2.15. The molecule has 0 radical (unpaired) electrons. The zero-order valence-corrected chi connectivity index (χ0v) is 12.0. The van der Waals surface area contributed by atoms with Crippen LogP contribution < -0.4 is 0 Å². The number of amides is 1. The average molecular weight is 311 g/mol. The highest BCUT2D eigenvalue weighted by atomic mass is 79.9. The number of alkyl halides is 1. The van der Waals surface area contributed by atoms with Crippen LogP contribution >= 0.6 is 15.9 Å². The zero-order valence-electron chi connectivity index (χ0n) is 10.4. The molecule has 4 nitrogen and oxygen atoms in total. The van der Waals surface area contributed by atoms with Gasteiger partial charge in [-0.15, -0.1) is 0 Å². The van der Waals surface area contributed by atoms with Gasteiger partial charge >= 0.3 is 0 Å². The molecular weight excluding hydrogens is 296 g/mol. The Balaban J connectivity index is 2.71. The van der Waals surface area contributed by atoms with Gasteiger partial charge in [0.15, 0.2) is 0 Å². The second-order valence-corrected chi connectivity index (χ2v) is 5.23. The van der Waals surface area contributed by atoms with Crippen LogP contribution in [0.15, 0.2) is 24.3 Å². The molecule has 0 fully saturated rings. The third-order valence-corrected chi connectivity index (χ3v) is 2.96. The van der Waals surface area contributed by atoms with Crippen molar-refractivity contribution in [2.75, 3.05) is 27.3 Å². The van der Waals surface area contributed by atoms with Crippen LogP contribution in [0.3, 0.4) is 0 Å². The Morgan fingerprint density at radius 3 is 2.94 bits per heavy atom. The van der Waals surface area contributed by atoms with Gasteiger partial charge < -0.3 is 9.64 Å². The lowest BCUT2D eigenvalue weighted by Crippen LogP contribution is -2.33. The molecule has 5 heteroatoms. The third kappa shape index (κ3) is 4.13. The van der Waals surface area contributed by atoms with Crippen molar-refractivity contribution in [1.29, 1.82) is 5.26 Å². The summed E-state index contributed by atoms with van der Waals surface area (Å²) < 4.78 is 5.00. The quantitative estimate of drug-likeness (QED) is 0.782. The first-order valence-electron chi connectivity index (χ1n) is 5.47. The van der Waals surface area contributed by atoms with E-state index < -0.39 is 0 Å². The van der Waals surface area contributed by atoms with Crippen molar-refractivity contribution in [3.05, 3.63) is 35.4 Å². The Morgan fingerprint density at radius 1 is 1.61 bits per heavy atom. The summed E-state index contributed by atoms with van der Waals surface area (Å²) in [5, 5.41) is 8.80. The van der Waals surface area contributed by atoms with Crippen molar-refractivity contribution in [3.8, 4) is 6.07 Å². The summed E-state index contributed by atoms with van der Waals surface area (Å²) in [6.45, 7) is 1.08. The monoisotopic (exact) mass is 310 g/mol. The molecule has 18 heavy (non-hydrogen) atoms. The van der Waals surface area contributed by atoms with E-state index in [0.29, 0.717) is 24.3 Å². The number of halogens is 1. The molecule has 0 saturated carbocycles. The lowest BCUT2D eigenvalue weighted by molar-refractivity contribution is 0.0784. The molecule has 1 rings (SSSR count). The predicted octanol–water partition coefficient (Wildman–Crippen LogP) is 2.04. The van der Waals surface area contributed by atoms with E-state index in [0.717, 1.165) is 0 Å². The summed E-state index contributed by atoms with van der Waals surface area (Å²) in [4.78, 5) is 13.8. The minimum atomic E-state index is -0.104. The van der Waals surface area contributed by atoms with E-state index >= 15 is 0 Å². The fraction of sp³-hybridized carbons (Fsp3) is 0.385. The number of carbonyl (C=O) groups excluding carboxylic acids is 1. The van der Waals surface area contributed by atoms with Crippen LogP contribution in [0.5, 0.6) is 0 Å². The van der Waals surface area contributed by atoms with E-state index in [2.05, 4.69) is 15.9 Å². The third-order valence-electron chi connectivity index (χ3n) is 2.40. The second-order valence-electron chi connectivity index (χ2n) is 3.93. The number of carbonyl (C=O) groups is 1. The van der Waals surface area contributed by atoms with Crippen molar-refractivity contribution in [1.82, 2.24) is 4.90 Å². The number of rotatable bonds is 5. The molecular formula is C13H15BrN2O2. The number of nitriles is 1. The van der Waals surface area contributed by atoms with Crippen molar-refractivity contribution in [3.63, 3.8) is 0 Å². The van der Waals surface area contributed by atoms with Crippen molar-refractivity contribution in [2.24, 2.45) is 0 Å². The van der Waals surface area contributed by atoms with Gasteiger partial charge in [0, 0.05) is 26.3 Å². The second kappa shape index (κ2) is 7.14. The number of ether oxygens (including phenoxy) is 1. The van der Waals surface area contributed by atoms with Gasteiger partial charge in [0.2, 0.25) is 0 Å². The normalized spacial score (nSPS) is 11.7. The molecule has 0 aliphatic heterocycles. The fourth-order valence-electron chi connectivity index (χ4n) is 1.56. The molecule has 0 N–H and O–H groups in total. The summed E-state index contributed by atoms with van der Waals surface area (Å²) in [6, 6.07) is 8.71. The molecule has 1 amide bonds.